The highest BCUT2D eigenvalue weighted by molar-refractivity contribution is 6.01. The van der Waals surface area contributed by atoms with E-state index in [1.165, 1.54) is 0 Å². The number of aryl methyl sites for hydroxylation is 1. The van der Waals surface area contributed by atoms with E-state index in [0.717, 1.165) is 33.5 Å². The predicted molar refractivity (Wildman–Crippen MR) is 145 cm³/mol. The third kappa shape index (κ3) is 7.04. The number of rotatable bonds is 9. The quantitative estimate of drug-likeness (QED) is 0.299. The van der Waals surface area contributed by atoms with Gasteiger partial charge in [-0.3, -0.25) is 9.78 Å². The fourth-order valence-corrected chi connectivity index (χ4v) is 4.16. The van der Waals surface area contributed by atoms with Crippen LogP contribution in [-0.2, 0) is 17.7 Å². The summed E-state index contributed by atoms with van der Waals surface area (Å²) in [6, 6.07) is 28.9. The zero-order chi connectivity index (χ0) is 26.0. The van der Waals surface area contributed by atoms with Gasteiger partial charge in [0.2, 0.25) is 0 Å². The highest BCUT2D eigenvalue weighted by Gasteiger charge is 2.16. The zero-order valence-electron chi connectivity index (χ0n) is 21.1. The molecule has 1 atom stereocenters. The molecular formula is C31H31N3O3. The second-order valence-electron chi connectivity index (χ2n) is 8.84. The van der Waals surface area contributed by atoms with Crippen LogP contribution in [0.4, 0.5) is 4.79 Å². The van der Waals surface area contributed by atoms with Crippen LogP contribution >= 0.6 is 0 Å². The second-order valence-corrected chi connectivity index (χ2v) is 8.84. The lowest BCUT2D eigenvalue weighted by Gasteiger charge is -2.17. The fourth-order valence-electron chi connectivity index (χ4n) is 4.16. The summed E-state index contributed by atoms with van der Waals surface area (Å²) in [5, 5.41) is 5.86. The Morgan fingerprint density at radius 1 is 0.865 bits per heavy atom. The van der Waals surface area contributed by atoms with Crippen LogP contribution in [0.1, 0.15) is 45.8 Å². The predicted octanol–water partition coefficient (Wildman–Crippen LogP) is 6.02. The monoisotopic (exact) mass is 493 g/mol. The first kappa shape index (κ1) is 25.6. The van der Waals surface area contributed by atoms with Gasteiger partial charge in [0.15, 0.2) is 0 Å². The van der Waals surface area contributed by atoms with Gasteiger partial charge in [-0.25, -0.2) is 4.79 Å². The number of nitrogens with one attached hydrogen (secondary N) is 2. The maximum absolute atomic E-state index is 13.1. The van der Waals surface area contributed by atoms with Gasteiger partial charge in [-0.1, -0.05) is 78.4 Å². The van der Waals surface area contributed by atoms with E-state index < -0.39 is 6.09 Å². The molecule has 0 aliphatic heterocycles. The minimum absolute atomic E-state index is 0.152. The first-order valence-corrected chi connectivity index (χ1v) is 12.4. The van der Waals surface area contributed by atoms with Crippen molar-refractivity contribution in [3.63, 3.8) is 0 Å². The Morgan fingerprint density at radius 2 is 1.62 bits per heavy atom. The Hall–Kier alpha value is -4.45. The number of aromatic nitrogens is 1. The summed E-state index contributed by atoms with van der Waals surface area (Å²) in [6.45, 7) is 4.61. The van der Waals surface area contributed by atoms with Crippen LogP contribution < -0.4 is 10.6 Å². The van der Waals surface area contributed by atoms with Crippen molar-refractivity contribution >= 4 is 12.0 Å². The molecule has 6 nitrogen and oxygen atoms in total. The molecule has 1 heterocycles. The first-order valence-electron chi connectivity index (χ1n) is 12.4. The molecule has 188 valence electrons. The van der Waals surface area contributed by atoms with Gasteiger partial charge in [-0.2, -0.15) is 0 Å². The van der Waals surface area contributed by atoms with E-state index in [0.29, 0.717) is 18.5 Å². The number of alkyl carbamates (subject to hydrolysis) is 1. The lowest BCUT2D eigenvalue weighted by Crippen LogP contribution is -2.27. The number of carbonyl (C=O) groups excluding carboxylic acids is 2. The number of nitrogens with zero attached hydrogens (tertiary/aromatic N) is 1. The molecule has 4 aromatic rings. The summed E-state index contributed by atoms with van der Waals surface area (Å²) in [5.74, 6) is -0.152. The summed E-state index contributed by atoms with van der Waals surface area (Å²) in [4.78, 5) is 29.9. The van der Waals surface area contributed by atoms with Crippen LogP contribution in [-0.4, -0.2) is 23.5 Å². The number of benzene rings is 3. The highest BCUT2D eigenvalue weighted by atomic mass is 16.6. The number of hydrogen-bond donors (Lipinski definition) is 2. The van der Waals surface area contributed by atoms with Crippen LogP contribution in [0.2, 0.25) is 0 Å². The van der Waals surface area contributed by atoms with Crippen molar-refractivity contribution in [1.29, 1.82) is 0 Å². The van der Waals surface area contributed by atoms with E-state index in [9.17, 15) is 9.59 Å². The fraction of sp³-hybridized carbons (Fsp3) is 0.194. The van der Waals surface area contributed by atoms with Crippen molar-refractivity contribution in [2.45, 2.75) is 32.9 Å². The molecule has 0 fully saturated rings. The number of pyridine rings is 1. The molecule has 4 rings (SSSR count). The lowest BCUT2D eigenvalue weighted by molar-refractivity contribution is 0.0954. The largest absolute Gasteiger partial charge is 0.442 e. The summed E-state index contributed by atoms with van der Waals surface area (Å²) >= 11 is 0. The lowest BCUT2D eigenvalue weighted by atomic mass is 9.95. The van der Waals surface area contributed by atoms with E-state index >= 15 is 0 Å². The van der Waals surface area contributed by atoms with Crippen LogP contribution in [0.25, 0.3) is 11.1 Å². The SMILES string of the molecule is Cc1cccc(C(C)OC(=O)NCc2ccccc2-c2ccccc2C(=O)NCCc2ccccn2)c1. The molecule has 2 amide bonds. The second kappa shape index (κ2) is 12.5. The molecule has 6 heteroatoms. The third-order valence-electron chi connectivity index (χ3n) is 6.09. The van der Waals surface area contributed by atoms with Crippen LogP contribution in [0, 0.1) is 6.92 Å². The Labute approximate surface area is 217 Å². The van der Waals surface area contributed by atoms with Crippen molar-refractivity contribution in [3.8, 4) is 11.1 Å². The average Bonchev–Trinajstić information content (AvgIpc) is 2.92. The number of amides is 2. The van der Waals surface area contributed by atoms with Gasteiger partial charge in [-0.15, -0.1) is 0 Å². The van der Waals surface area contributed by atoms with Crippen molar-refractivity contribution in [1.82, 2.24) is 15.6 Å². The average molecular weight is 494 g/mol. The van der Waals surface area contributed by atoms with Crippen LogP contribution in [0.5, 0.6) is 0 Å². The minimum Gasteiger partial charge on any atom is -0.442 e. The molecule has 1 aromatic heterocycles. The van der Waals surface area contributed by atoms with E-state index in [1.54, 1.807) is 6.20 Å². The summed E-state index contributed by atoms with van der Waals surface area (Å²) in [6.07, 6.45) is 1.53. The van der Waals surface area contributed by atoms with E-state index in [1.807, 2.05) is 105 Å². The minimum atomic E-state index is -0.496. The zero-order valence-corrected chi connectivity index (χ0v) is 21.1. The van der Waals surface area contributed by atoms with Gasteiger partial charge in [0.1, 0.15) is 6.10 Å². The molecule has 0 saturated carbocycles. The molecule has 0 radical (unpaired) electrons. The molecule has 0 saturated heterocycles. The maximum atomic E-state index is 13.1. The molecule has 0 aliphatic rings. The van der Waals surface area contributed by atoms with E-state index in [-0.39, 0.29) is 18.6 Å². The molecular weight excluding hydrogens is 462 g/mol. The van der Waals surface area contributed by atoms with E-state index in [4.69, 9.17) is 4.74 Å². The first-order chi connectivity index (χ1) is 18.0. The van der Waals surface area contributed by atoms with Gasteiger partial charge in [-0.05, 0) is 54.3 Å². The Kier molecular flexibility index (Phi) is 8.66. The van der Waals surface area contributed by atoms with Gasteiger partial charge < -0.3 is 15.4 Å². The molecule has 0 aliphatic carbocycles. The molecule has 3 aromatic carbocycles. The molecule has 0 bridgehead atoms. The van der Waals surface area contributed by atoms with Gasteiger partial charge in [0, 0.05) is 37.0 Å². The van der Waals surface area contributed by atoms with Crippen molar-refractivity contribution < 1.29 is 14.3 Å². The van der Waals surface area contributed by atoms with Crippen molar-refractivity contribution in [2.24, 2.45) is 0 Å². The molecule has 1 unspecified atom stereocenters. The summed E-state index contributed by atoms with van der Waals surface area (Å²) in [5.41, 5.74) is 6.13. The van der Waals surface area contributed by atoms with Gasteiger partial charge in [0.25, 0.3) is 5.91 Å². The Balaban J connectivity index is 1.42. The standard InChI is InChI=1S/C31H31N3O3/c1-22-10-9-12-24(20-22)23(2)37-31(36)34-21-25-11-3-4-14-27(25)28-15-5-6-16-29(28)30(35)33-19-17-26-13-7-8-18-32-26/h3-16,18,20,23H,17,19,21H2,1-2H3,(H,33,35)(H,34,36). The van der Waals surface area contributed by atoms with Crippen LogP contribution in [0.15, 0.2) is 97.2 Å². The highest BCUT2D eigenvalue weighted by Crippen LogP contribution is 2.27. The van der Waals surface area contributed by atoms with Crippen molar-refractivity contribution in [2.75, 3.05) is 6.54 Å². The summed E-state index contributed by atoms with van der Waals surface area (Å²) < 4.78 is 5.58. The normalized spacial score (nSPS) is 11.4. The number of hydrogen-bond acceptors (Lipinski definition) is 4. The molecule has 2 N–H and O–H groups in total. The Morgan fingerprint density at radius 3 is 2.41 bits per heavy atom. The van der Waals surface area contributed by atoms with Crippen molar-refractivity contribution in [3.05, 3.63) is 125 Å². The maximum Gasteiger partial charge on any atom is 0.408 e. The van der Waals surface area contributed by atoms with Gasteiger partial charge >= 0.3 is 6.09 Å². The number of carbonyl (C=O) groups is 2. The molecule has 37 heavy (non-hydrogen) atoms. The van der Waals surface area contributed by atoms with Crippen LogP contribution in [0.3, 0.4) is 0 Å². The smallest absolute Gasteiger partial charge is 0.408 e. The van der Waals surface area contributed by atoms with Gasteiger partial charge in [0.05, 0.1) is 0 Å². The third-order valence-corrected chi connectivity index (χ3v) is 6.09. The topological polar surface area (TPSA) is 80.3 Å². The summed E-state index contributed by atoms with van der Waals surface area (Å²) in [7, 11) is 0. The molecule has 0 spiro atoms. The number of ether oxygens (including phenoxy) is 1. The van der Waals surface area contributed by atoms with E-state index in [2.05, 4.69) is 15.6 Å². The Bertz CT molecular complexity index is 1350.